The first-order valence-corrected chi connectivity index (χ1v) is 8.47. The molecule has 0 unspecified atom stereocenters. The molecule has 2 aromatic heterocycles. The van der Waals surface area contributed by atoms with Crippen LogP contribution in [0.2, 0.25) is 0 Å². The van der Waals surface area contributed by atoms with Gasteiger partial charge in [-0.05, 0) is 36.6 Å². The Hall–Kier alpha value is -1.73. The molecule has 0 aliphatic heterocycles. The minimum absolute atomic E-state index is 0.0738. The summed E-state index contributed by atoms with van der Waals surface area (Å²) in [6.07, 6.45) is 4.53. The Kier molecular flexibility index (Phi) is 4.01. The zero-order valence-corrected chi connectivity index (χ0v) is 13.6. The Labute approximate surface area is 133 Å². The second kappa shape index (κ2) is 5.81. The van der Waals surface area contributed by atoms with Crippen molar-refractivity contribution in [1.82, 2.24) is 20.3 Å². The molecular formula is C15H21N5OS. The van der Waals surface area contributed by atoms with Gasteiger partial charge in [0.2, 0.25) is 0 Å². The normalized spacial score (nSPS) is 17.5. The third-order valence-corrected chi connectivity index (χ3v) is 4.57. The summed E-state index contributed by atoms with van der Waals surface area (Å²) in [6.45, 7) is 4.25. The first kappa shape index (κ1) is 15.2. The standard InChI is InChI=1S/C15H21N5OS/c1-10(2)7-12(17-14(21)11-3-6-22-9-11)13-8-20(19-18-13)15(16)4-5-15/h3,6,8-10,12H,4-5,7,16H2,1-2H3,(H,17,21)/t12-/m0/s1. The molecule has 1 fully saturated rings. The van der Waals surface area contributed by atoms with Crippen molar-refractivity contribution in [3.05, 3.63) is 34.3 Å². The van der Waals surface area contributed by atoms with Gasteiger partial charge in [-0.25, -0.2) is 4.68 Å². The number of amides is 1. The van der Waals surface area contributed by atoms with Crippen molar-refractivity contribution in [1.29, 1.82) is 0 Å². The molecule has 1 saturated carbocycles. The van der Waals surface area contributed by atoms with Crippen LogP contribution >= 0.6 is 11.3 Å². The monoisotopic (exact) mass is 319 g/mol. The zero-order chi connectivity index (χ0) is 15.7. The first-order chi connectivity index (χ1) is 10.5. The Balaban J connectivity index is 1.77. The molecule has 1 aliphatic rings. The lowest BCUT2D eigenvalue weighted by Gasteiger charge is -2.18. The maximum absolute atomic E-state index is 12.3. The largest absolute Gasteiger partial charge is 0.343 e. The van der Waals surface area contributed by atoms with Gasteiger partial charge < -0.3 is 11.1 Å². The molecule has 6 nitrogen and oxygen atoms in total. The van der Waals surface area contributed by atoms with Crippen molar-refractivity contribution in [2.45, 2.75) is 44.8 Å². The smallest absolute Gasteiger partial charge is 0.252 e. The topological polar surface area (TPSA) is 85.8 Å². The van der Waals surface area contributed by atoms with Crippen molar-refractivity contribution >= 4 is 17.2 Å². The lowest BCUT2D eigenvalue weighted by Crippen LogP contribution is -2.30. The van der Waals surface area contributed by atoms with Gasteiger partial charge in [-0.3, -0.25) is 4.79 Å². The first-order valence-electron chi connectivity index (χ1n) is 7.52. The summed E-state index contributed by atoms with van der Waals surface area (Å²) in [5.41, 5.74) is 7.22. The highest BCUT2D eigenvalue weighted by atomic mass is 32.1. The van der Waals surface area contributed by atoms with Gasteiger partial charge in [-0.1, -0.05) is 19.1 Å². The fourth-order valence-corrected chi connectivity index (χ4v) is 3.01. The van der Waals surface area contributed by atoms with Crippen molar-refractivity contribution in [2.75, 3.05) is 0 Å². The van der Waals surface area contributed by atoms with Crippen LogP contribution in [0.4, 0.5) is 0 Å². The molecule has 1 aliphatic carbocycles. The third-order valence-electron chi connectivity index (χ3n) is 3.88. The van der Waals surface area contributed by atoms with Gasteiger partial charge >= 0.3 is 0 Å². The van der Waals surface area contributed by atoms with E-state index in [1.165, 1.54) is 11.3 Å². The lowest BCUT2D eigenvalue weighted by molar-refractivity contribution is 0.0931. The zero-order valence-electron chi connectivity index (χ0n) is 12.8. The predicted octanol–water partition coefficient (Wildman–Crippen LogP) is 2.26. The van der Waals surface area contributed by atoms with Crippen LogP contribution in [0, 0.1) is 5.92 Å². The van der Waals surface area contributed by atoms with E-state index in [0.717, 1.165) is 25.0 Å². The number of carbonyl (C=O) groups is 1. The predicted molar refractivity (Wildman–Crippen MR) is 85.4 cm³/mol. The number of nitrogens with zero attached hydrogens (tertiary/aromatic N) is 3. The third kappa shape index (κ3) is 3.20. The average molecular weight is 319 g/mol. The van der Waals surface area contributed by atoms with E-state index in [0.29, 0.717) is 11.5 Å². The highest BCUT2D eigenvalue weighted by Gasteiger charge is 2.42. The van der Waals surface area contributed by atoms with Gasteiger partial charge in [-0.2, -0.15) is 11.3 Å². The van der Waals surface area contributed by atoms with E-state index in [2.05, 4.69) is 29.5 Å². The van der Waals surface area contributed by atoms with Crippen molar-refractivity contribution in [2.24, 2.45) is 11.7 Å². The van der Waals surface area contributed by atoms with Gasteiger partial charge in [0, 0.05) is 5.38 Å². The molecule has 0 spiro atoms. The molecule has 0 bridgehead atoms. The van der Waals surface area contributed by atoms with E-state index in [4.69, 9.17) is 5.73 Å². The summed E-state index contributed by atoms with van der Waals surface area (Å²) in [5, 5.41) is 15.2. The molecule has 7 heteroatoms. The summed E-state index contributed by atoms with van der Waals surface area (Å²) >= 11 is 1.51. The molecule has 0 aromatic carbocycles. The molecule has 22 heavy (non-hydrogen) atoms. The molecule has 2 aromatic rings. The number of nitrogens with two attached hydrogens (primary N) is 1. The number of hydrogen-bond donors (Lipinski definition) is 2. The van der Waals surface area contributed by atoms with Crippen LogP contribution in [0.3, 0.4) is 0 Å². The number of aromatic nitrogens is 3. The lowest BCUT2D eigenvalue weighted by atomic mass is 10.0. The van der Waals surface area contributed by atoms with Crippen LogP contribution in [-0.4, -0.2) is 20.9 Å². The van der Waals surface area contributed by atoms with Gasteiger partial charge in [0.15, 0.2) is 0 Å². The molecular weight excluding hydrogens is 298 g/mol. The van der Waals surface area contributed by atoms with Crippen LogP contribution in [-0.2, 0) is 5.66 Å². The fourth-order valence-electron chi connectivity index (χ4n) is 2.37. The van der Waals surface area contributed by atoms with E-state index < -0.39 is 0 Å². The quantitative estimate of drug-likeness (QED) is 0.855. The molecule has 118 valence electrons. The van der Waals surface area contributed by atoms with Crippen molar-refractivity contribution in [3.63, 3.8) is 0 Å². The second-order valence-electron chi connectivity index (χ2n) is 6.36. The summed E-state index contributed by atoms with van der Waals surface area (Å²) in [5.74, 6) is 0.362. The summed E-state index contributed by atoms with van der Waals surface area (Å²) in [6, 6.07) is 1.67. The van der Waals surface area contributed by atoms with Crippen LogP contribution in [0.5, 0.6) is 0 Å². The summed E-state index contributed by atoms with van der Waals surface area (Å²) in [4.78, 5) is 12.3. The molecule has 3 rings (SSSR count). The molecule has 0 radical (unpaired) electrons. The minimum Gasteiger partial charge on any atom is -0.343 e. The van der Waals surface area contributed by atoms with Gasteiger partial charge in [-0.15, -0.1) is 5.10 Å². The number of hydrogen-bond acceptors (Lipinski definition) is 5. The van der Waals surface area contributed by atoms with Crippen LogP contribution in [0.25, 0.3) is 0 Å². The number of carbonyl (C=O) groups excluding carboxylic acids is 1. The number of rotatable bonds is 6. The van der Waals surface area contributed by atoms with E-state index in [-0.39, 0.29) is 17.6 Å². The highest BCUT2D eigenvalue weighted by molar-refractivity contribution is 7.08. The molecule has 0 saturated heterocycles. The molecule has 1 atom stereocenters. The van der Waals surface area contributed by atoms with E-state index >= 15 is 0 Å². The van der Waals surface area contributed by atoms with E-state index in [1.807, 2.05) is 23.0 Å². The molecule has 2 heterocycles. The number of thiophene rings is 1. The van der Waals surface area contributed by atoms with Gasteiger partial charge in [0.05, 0.1) is 17.8 Å². The van der Waals surface area contributed by atoms with E-state index in [9.17, 15) is 4.79 Å². The molecule has 1 amide bonds. The van der Waals surface area contributed by atoms with Crippen LogP contribution in [0.1, 0.15) is 55.2 Å². The Bertz CT molecular complexity index is 645. The van der Waals surface area contributed by atoms with Crippen molar-refractivity contribution < 1.29 is 4.79 Å². The SMILES string of the molecule is CC(C)C[C@H](NC(=O)c1ccsc1)c1cn(C2(N)CC2)nn1. The van der Waals surface area contributed by atoms with Crippen molar-refractivity contribution in [3.8, 4) is 0 Å². The summed E-state index contributed by atoms with van der Waals surface area (Å²) in [7, 11) is 0. The summed E-state index contributed by atoms with van der Waals surface area (Å²) < 4.78 is 1.73. The van der Waals surface area contributed by atoms with Crippen LogP contribution < -0.4 is 11.1 Å². The maximum Gasteiger partial charge on any atom is 0.252 e. The molecule has 3 N–H and O–H groups in total. The average Bonchev–Trinajstić information content (AvgIpc) is 2.95. The minimum atomic E-state index is -0.370. The maximum atomic E-state index is 12.3. The highest BCUT2D eigenvalue weighted by Crippen LogP contribution is 2.37. The van der Waals surface area contributed by atoms with Gasteiger partial charge in [0.25, 0.3) is 5.91 Å². The Morgan fingerprint density at radius 2 is 2.32 bits per heavy atom. The number of nitrogens with one attached hydrogen (secondary N) is 1. The Morgan fingerprint density at radius 1 is 1.55 bits per heavy atom. The second-order valence-corrected chi connectivity index (χ2v) is 7.14. The van der Waals surface area contributed by atoms with E-state index in [1.54, 1.807) is 4.68 Å². The Morgan fingerprint density at radius 3 is 2.91 bits per heavy atom. The van der Waals surface area contributed by atoms with Gasteiger partial charge in [0.1, 0.15) is 11.4 Å². The van der Waals surface area contributed by atoms with Crippen LogP contribution in [0.15, 0.2) is 23.0 Å². The fraction of sp³-hybridized carbons (Fsp3) is 0.533.